The molecule has 0 radical (unpaired) electrons. The van der Waals surface area contributed by atoms with E-state index in [2.05, 4.69) is 10.0 Å². The SMILES string of the molecule is CCCNC(=O)C(C)NS(=O)(=O)c1cccc(C(C)N)c1. The molecule has 0 aliphatic carbocycles. The first kappa shape index (κ1) is 17.6. The van der Waals surface area contributed by atoms with Gasteiger partial charge < -0.3 is 11.1 Å². The molecule has 6 nitrogen and oxygen atoms in total. The number of amides is 1. The topological polar surface area (TPSA) is 101 Å². The van der Waals surface area contributed by atoms with Crippen LogP contribution < -0.4 is 15.8 Å². The Hall–Kier alpha value is -1.44. The number of hydrogen-bond donors (Lipinski definition) is 3. The van der Waals surface area contributed by atoms with Gasteiger partial charge in [0.2, 0.25) is 15.9 Å². The molecule has 7 heteroatoms. The van der Waals surface area contributed by atoms with E-state index in [1.165, 1.54) is 19.1 Å². The van der Waals surface area contributed by atoms with E-state index < -0.39 is 16.1 Å². The van der Waals surface area contributed by atoms with Crippen LogP contribution in [-0.4, -0.2) is 26.9 Å². The molecule has 0 aliphatic rings. The fourth-order valence-electron chi connectivity index (χ4n) is 1.72. The van der Waals surface area contributed by atoms with Gasteiger partial charge in [-0.3, -0.25) is 4.79 Å². The fraction of sp³-hybridized carbons (Fsp3) is 0.500. The first-order chi connectivity index (χ1) is 9.77. The molecular formula is C14H23N3O3S. The predicted octanol–water partition coefficient (Wildman–Crippen LogP) is 0.899. The summed E-state index contributed by atoms with van der Waals surface area (Å²) in [6.45, 7) is 5.73. The summed E-state index contributed by atoms with van der Waals surface area (Å²) in [7, 11) is -3.75. The molecule has 118 valence electrons. The Morgan fingerprint density at radius 3 is 2.57 bits per heavy atom. The van der Waals surface area contributed by atoms with Crippen LogP contribution in [0, 0.1) is 0 Å². The number of sulfonamides is 1. The highest BCUT2D eigenvalue weighted by Crippen LogP contribution is 2.16. The van der Waals surface area contributed by atoms with E-state index in [0.29, 0.717) is 6.54 Å². The van der Waals surface area contributed by atoms with Crippen molar-refractivity contribution in [3.63, 3.8) is 0 Å². The van der Waals surface area contributed by atoms with Crippen LogP contribution in [-0.2, 0) is 14.8 Å². The van der Waals surface area contributed by atoms with Crippen molar-refractivity contribution < 1.29 is 13.2 Å². The van der Waals surface area contributed by atoms with Gasteiger partial charge in [-0.1, -0.05) is 19.1 Å². The van der Waals surface area contributed by atoms with Crippen molar-refractivity contribution in [2.45, 2.75) is 44.2 Å². The van der Waals surface area contributed by atoms with Crippen LogP contribution in [0.15, 0.2) is 29.2 Å². The molecule has 2 unspecified atom stereocenters. The molecule has 1 amide bonds. The lowest BCUT2D eigenvalue weighted by Gasteiger charge is -2.15. The first-order valence-corrected chi connectivity index (χ1v) is 8.41. The largest absolute Gasteiger partial charge is 0.355 e. The Bertz CT molecular complexity index is 585. The van der Waals surface area contributed by atoms with E-state index in [0.717, 1.165) is 12.0 Å². The third-order valence-corrected chi connectivity index (χ3v) is 4.51. The lowest BCUT2D eigenvalue weighted by molar-refractivity contribution is -0.122. The Morgan fingerprint density at radius 2 is 2.00 bits per heavy atom. The summed E-state index contributed by atoms with van der Waals surface area (Å²) in [5, 5.41) is 2.65. The molecule has 0 spiro atoms. The first-order valence-electron chi connectivity index (χ1n) is 6.93. The van der Waals surface area contributed by atoms with Crippen LogP contribution in [0.25, 0.3) is 0 Å². The smallest absolute Gasteiger partial charge is 0.241 e. The molecular weight excluding hydrogens is 290 g/mol. The maximum Gasteiger partial charge on any atom is 0.241 e. The zero-order valence-corrected chi connectivity index (χ0v) is 13.4. The van der Waals surface area contributed by atoms with Crippen molar-refractivity contribution in [2.75, 3.05) is 6.54 Å². The molecule has 21 heavy (non-hydrogen) atoms. The van der Waals surface area contributed by atoms with Gasteiger partial charge in [0.25, 0.3) is 0 Å². The molecule has 0 aliphatic heterocycles. The molecule has 0 aromatic heterocycles. The highest BCUT2D eigenvalue weighted by Gasteiger charge is 2.22. The maximum atomic E-state index is 12.3. The van der Waals surface area contributed by atoms with Crippen molar-refractivity contribution in [1.82, 2.24) is 10.0 Å². The van der Waals surface area contributed by atoms with Crippen LogP contribution in [0.5, 0.6) is 0 Å². The number of hydrogen-bond acceptors (Lipinski definition) is 4. The monoisotopic (exact) mass is 313 g/mol. The molecule has 1 rings (SSSR count). The van der Waals surface area contributed by atoms with Gasteiger partial charge in [0, 0.05) is 12.6 Å². The van der Waals surface area contributed by atoms with Gasteiger partial charge in [0.05, 0.1) is 10.9 Å². The minimum absolute atomic E-state index is 0.104. The van der Waals surface area contributed by atoms with Crippen molar-refractivity contribution in [3.05, 3.63) is 29.8 Å². The van der Waals surface area contributed by atoms with Crippen molar-refractivity contribution in [3.8, 4) is 0 Å². The highest BCUT2D eigenvalue weighted by molar-refractivity contribution is 7.89. The van der Waals surface area contributed by atoms with Gasteiger partial charge in [0.1, 0.15) is 0 Å². The standard InChI is InChI=1S/C14H23N3O3S/c1-4-8-16-14(18)11(3)17-21(19,20)13-7-5-6-12(9-13)10(2)15/h5-7,9-11,17H,4,8,15H2,1-3H3,(H,16,18). The minimum atomic E-state index is -3.75. The average molecular weight is 313 g/mol. The molecule has 1 aromatic carbocycles. The molecule has 0 heterocycles. The number of benzene rings is 1. The van der Waals surface area contributed by atoms with Crippen LogP contribution in [0.4, 0.5) is 0 Å². The number of rotatable bonds is 7. The van der Waals surface area contributed by atoms with E-state index in [9.17, 15) is 13.2 Å². The van der Waals surface area contributed by atoms with E-state index in [1.54, 1.807) is 19.1 Å². The third kappa shape index (κ3) is 5.11. The lowest BCUT2D eigenvalue weighted by Crippen LogP contribution is -2.44. The maximum absolute atomic E-state index is 12.3. The summed E-state index contributed by atoms with van der Waals surface area (Å²) >= 11 is 0. The third-order valence-electron chi connectivity index (χ3n) is 2.97. The summed E-state index contributed by atoms with van der Waals surface area (Å²) in [6, 6.07) is 5.30. The fourth-order valence-corrected chi connectivity index (χ4v) is 2.98. The molecule has 4 N–H and O–H groups in total. The predicted molar refractivity (Wildman–Crippen MR) is 82.1 cm³/mol. The van der Waals surface area contributed by atoms with Gasteiger partial charge >= 0.3 is 0 Å². The van der Waals surface area contributed by atoms with Crippen molar-refractivity contribution in [2.24, 2.45) is 5.73 Å². The summed E-state index contributed by atoms with van der Waals surface area (Å²) in [5.74, 6) is -0.344. The van der Waals surface area contributed by atoms with E-state index in [4.69, 9.17) is 5.73 Å². The second-order valence-electron chi connectivity index (χ2n) is 5.00. The number of carbonyl (C=O) groups excluding carboxylic acids is 1. The summed E-state index contributed by atoms with van der Waals surface area (Å²) < 4.78 is 26.9. The normalized spacial score (nSPS) is 14.5. The summed E-state index contributed by atoms with van der Waals surface area (Å²) in [6.07, 6.45) is 0.793. The van der Waals surface area contributed by atoms with Gasteiger partial charge in [-0.15, -0.1) is 0 Å². The molecule has 0 saturated heterocycles. The second-order valence-corrected chi connectivity index (χ2v) is 6.71. The molecule has 0 fully saturated rings. The minimum Gasteiger partial charge on any atom is -0.355 e. The van der Waals surface area contributed by atoms with Crippen LogP contribution in [0.3, 0.4) is 0 Å². The Kier molecular flexibility index (Phi) is 6.32. The van der Waals surface area contributed by atoms with E-state index in [1.807, 2.05) is 6.92 Å². The second kappa shape index (κ2) is 7.53. The molecule has 1 aromatic rings. The van der Waals surface area contributed by atoms with Crippen LogP contribution in [0.2, 0.25) is 0 Å². The van der Waals surface area contributed by atoms with Gasteiger partial charge in [-0.05, 0) is 38.0 Å². The molecule has 0 saturated carbocycles. The summed E-state index contributed by atoms with van der Waals surface area (Å²) in [5.41, 5.74) is 6.47. The molecule has 2 atom stereocenters. The van der Waals surface area contributed by atoms with E-state index in [-0.39, 0.29) is 16.8 Å². The number of carbonyl (C=O) groups is 1. The Labute approximate surface area is 126 Å². The van der Waals surface area contributed by atoms with E-state index >= 15 is 0 Å². The Morgan fingerprint density at radius 1 is 1.33 bits per heavy atom. The van der Waals surface area contributed by atoms with Gasteiger partial charge in [-0.2, -0.15) is 4.72 Å². The quantitative estimate of drug-likeness (QED) is 0.696. The zero-order valence-electron chi connectivity index (χ0n) is 12.6. The van der Waals surface area contributed by atoms with Crippen LogP contribution >= 0.6 is 0 Å². The Balaban J connectivity index is 2.86. The highest BCUT2D eigenvalue weighted by atomic mass is 32.2. The molecule has 0 bridgehead atoms. The van der Waals surface area contributed by atoms with Crippen molar-refractivity contribution in [1.29, 1.82) is 0 Å². The van der Waals surface area contributed by atoms with Gasteiger partial charge in [-0.25, -0.2) is 8.42 Å². The summed E-state index contributed by atoms with van der Waals surface area (Å²) in [4.78, 5) is 11.8. The number of nitrogens with two attached hydrogens (primary N) is 1. The lowest BCUT2D eigenvalue weighted by atomic mass is 10.1. The van der Waals surface area contributed by atoms with Crippen molar-refractivity contribution >= 4 is 15.9 Å². The number of nitrogens with one attached hydrogen (secondary N) is 2. The van der Waals surface area contributed by atoms with Crippen LogP contribution in [0.1, 0.15) is 38.8 Å². The zero-order chi connectivity index (χ0) is 16.0. The van der Waals surface area contributed by atoms with Gasteiger partial charge in [0.15, 0.2) is 0 Å². The average Bonchev–Trinajstić information content (AvgIpc) is 2.44.